The van der Waals surface area contributed by atoms with Gasteiger partial charge in [0.05, 0.1) is 6.20 Å². The minimum atomic E-state index is -1.16. The fourth-order valence-corrected chi connectivity index (χ4v) is 1.75. The van der Waals surface area contributed by atoms with E-state index >= 15 is 0 Å². The van der Waals surface area contributed by atoms with Gasteiger partial charge in [0.25, 0.3) is 0 Å². The molecule has 0 aliphatic rings. The number of amides is 1. The van der Waals surface area contributed by atoms with Crippen LogP contribution in [-0.4, -0.2) is 26.5 Å². The third-order valence-corrected chi connectivity index (χ3v) is 2.68. The van der Waals surface area contributed by atoms with E-state index in [0.29, 0.717) is 11.5 Å². The number of halogens is 1. The molecular formula is C13H12FN3O3. The van der Waals surface area contributed by atoms with E-state index in [-0.39, 0.29) is 12.2 Å². The molecule has 0 saturated carbocycles. The third-order valence-electron chi connectivity index (χ3n) is 2.68. The minimum Gasteiger partial charge on any atom is -0.477 e. The lowest BCUT2D eigenvalue weighted by molar-refractivity contribution is -0.116. The third kappa shape index (κ3) is 3.00. The predicted molar refractivity (Wildman–Crippen MR) is 69.0 cm³/mol. The molecule has 2 N–H and O–H groups in total. The smallest absolute Gasteiger partial charge is 0.354 e. The van der Waals surface area contributed by atoms with E-state index in [9.17, 15) is 14.0 Å². The second-order valence-electron chi connectivity index (χ2n) is 4.14. The van der Waals surface area contributed by atoms with Gasteiger partial charge in [0.1, 0.15) is 23.9 Å². The molecule has 1 heterocycles. The van der Waals surface area contributed by atoms with Crippen LogP contribution in [0.15, 0.2) is 30.5 Å². The van der Waals surface area contributed by atoms with Crippen molar-refractivity contribution in [2.24, 2.45) is 0 Å². The standard InChI is InChI=1S/C13H12FN3O3/c1-8-15-6-11(13(19)20)17(8)7-12(18)16-10-4-2-3-9(14)5-10/h2-6H,7H2,1H3,(H,16,18)(H,19,20). The number of hydrogen-bond donors (Lipinski definition) is 2. The van der Waals surface area contributed by atoms with Crippen LogP contribution in [-0.2, 0) is 11.3 Å². The normalized spacial score (nSPS) is 10.3. The number of aromatic nitrogens is 2. The van der Waals surface area contributed by atoms with Gasteiger partial charge in [-0.1, -0.05) is 6.07 Å². The molecule has 2 aromatic rings. The van der Waals surface area contributed by atoms with Crippen LogP contribution in [0.4, 0.5) is 10.1 Å². The first-order valence-electron chi connectivity index (χ1n) is 5.78. The van der Waals surface area contributed by atoms with Crippen molar-refractivity contribution in [2.75, 3.05) is 5.32 Å². The maximum atomic E-state index is 13.0. The van der Waals surface area contributed by atoms with E-state index in [0.717, 1.165) is 0 Å². The van der Waals surface area contributed by atoms with Crippen LogP contribution >= 0.6 is 0 Å². The Morgan fingerprint density at radius 1 is 1.45 bits per heavy atom. The first-order chi connectivity index (χ1) is 9.47. The Hall–Kier alpha value is -2.70. The van der Waals surface area contributed by atoms with Gasteiger partial charge in [0.2, 0.25) is 5.91 Å². The van der Waals surface area contributed by atoms with Crippen LogP contribution in [0, 0.1) is 12.7 Å². The summed E-state index contributed by atoms with van der Waals surface area (Å²) in [5.74, 6) is -1.67. The largest absolute Gasteiger partial charge is 0.477 e. The highest BCUT2D eigenvalue weighted by molar-refractivity contribution is 5.92. The first kappa shape index (κ1) is 13.7. The summed E-state index contributed by atoms with van der Waals surface area (Å²) in [7, 11) is 0. The Balaban J connectivity index is 2.12. The number of benzene rings is 1. The van der Waals surface area contributed by atoms with Gasteiger partial charge in [-0.25, -0.2) is 14.2 Å². The summed E-state index contributed by atoms with van der Waals surface area (Å²) in [6.07, 6.45) is 1.19. The molecule has 1 amide bonds. The average molecular weight is 277 g/mol. The molecule has 2 rings (SSSR count). The van der Waals surface area contributed by atoms with Crippen LogP contribution in [0.1, 0.15) is 16.3 Å². The summed E-state index contributed by atoms with van der Waals surface area (Å²) in [5.41, 5.74) is 0.238. The molecular weight excluding hydrogens is 265 g/mol. The van der Waals surface area contributed by atoms with Crippen molar-refractivity contribution >= 4 is 17.6 Å². The molecule has 104 valence electrons. The SMILES string of the molecule is Cc1ncc(C(=O)O)n1CC(=O)Nc1cccc(F)c1. The zero-order valence-electron chi connectivity index (χ0n) is 10.6. The number of anilines is 1. The lowest BCUT2D eigenvalue weighted by atomic mass is 10.3. The van der Waals surface area contributed by atoms with Crippen molar-refractivity contribution in [1.29, 1.82) is 0 Å². The molecule has 0 spiro atoms. The number of carbonyl (C=O) groups excluding carboxylic acids is 1. The Morgan fingerprint density at radius 3 is 2.85 bits per heavy atom. The highest BCUT2D eigenvalue weighted by atomic mass is 19.1. The van der Waals surface area contributed by atoms with Gasteiger partial charge in [0, 0.05) is 5.69 Å². The number of aryl methyl sites for hydroxylation is 1. The van der Waals surface area contributed by atoms with Gasteiger partial charge in [-0.15, -0.1) is 0 Å². The highest BCUT2D eigenvalue weighted by Crippen LogP contribution is 2.10. The van der Waals surface area contributed by atoms with E-state index in [1.807, 2.05) is 0 Å². The lowest BCUT2D eigenvalue weighted by Crippen LogP contribution is -2.22. The molecule has 0 bridgehead atoms. The van der Waals surface area contributed by atoms with Crippen LogP contribution in [0.5, 0.6) is 0 Å². The highest BCUT2D eigenvalue weighted by Gasteiger charge is 2.15. The van der Waals surface area contributed by atoms with Crippen molar-refractivity contribution in [1.82, 2.24) is 9.55 Å². The number of nitrogens with one attached hydrogen (secondary N) is 1. The average Bonchev–Trinajstić information content (AvgIpc) is 2.71. The number of imidazole rings is 1. The van der Waals surface area contributed by atoms with Gasteiger partial charge in [-0.05, 0) is 25.1 Å². The van der Waals surface area contributed by atoms with Gasteiger partial charge < -0.3 is 15.0 Å². The number of carboxylic acid groups (broad SMARTS) is 1. The lowest BCUT2D eigenvalue weighted by Gasteiger charge is -2.09. The zero-order valence-corrected chi connectivity index (χ0v) is 10.6. The molecule has 6 nitrogen and oxygen atoms in total. The minimum absolute atomic E-state index is 0.0723. The number of carboxylic acids is 1. The van der Waals surface area contributed by atoms with Crippen molar-refractivity contribution in [2.45, 2.75) is 13.5 Å². The number of carbonyl (C=O) groups is 2. The molecule has 1 aromatic carbocycles. The van der Waals surface area contributed by atoms with Gasteiger partial charge in [-0.2, -0.15) is 0 Å². The maximum absolute atomic E-state index is 13.0. The molecule has 1 aromatic heterocycles. The second-order valence-corrected chi connectivity index (χ2v) is 4.14. The van der Waals surface area contributed by atoms with E-state index in [1.54, 1.807) is 13.0 Å². The van der Waals surface area contributed by atoms with Crippen molar-refractivity contribution in [3.8, 4) is 0 Å². The quantitative estimate of drug-likeness (QED) is 0.890. The van der Waals surface area contributed by atoms with Gasteiger partial charge >= 0.3 is 5.97 Å². The van der Waals surface area contributed by atoms with E-state index in [4.69, 9.17) is 5.11 Å². The van der Waals surface area contributed by atoms with E-state index in [1.165, 1.54) is 29.0 Å². The Kier molecular flexibility index (Phi) is 3.79. The molecule has 0 radical (unpaired) electrons. The Morgan fingerprint density at radius 2 is 2.20 bits per heavy atom. The first-order valence-corrected chi connectivity index (χ1v) is 5.78. The van der Waals surface area contributed by atoms with Crippen LogP contribution in [0.3, 0.4) is 0 Å². The van der Waals surface area contributed by atoms with E-state index < -0.39 is 17.7 Å². The molecule has 0 unspecified atom stereocenters. The molecule has 20 heavy (non-hydrogen) atoms. The fraction of sp³-hybridized carbons (Fsp3) is 0.154. The summed E-state index contributed by atoms with van der Waals surface area (Å²) in [6.45, 7) is 1.39. The molecule has 0 atom stereocenters. The molecule has 0 aliphatic carbocycles. The number of rotatable bonds is 4. The maximum Gasteiger partial charge on any atom is 0.354 e. The Bertz CT molecular complexity index is 667. The van der Waals surface area contributed by atoms with Crippen molar-refractivity contribution in [3.63, 3.8) is 0 Å². The topological polar surface area (TPSA) is 84.2 Å². The second kappa shape index (κ2) is 5.52. The molecule has 0 fully saturated rings. The predicted octanol–water partition coefficient (Wildman–Crippen LogP) is 1.67. The summed E-state index contributed by atoms with van der Waals surface area (Å²) < 4.78 is 14.3. The summed E-state index contributed by atoms with van der Waals surface area (Å²) in [6, 6.07) is 5.45. The summed E-state index contributed by atoms with van der Waals surface area (Å²) in [4.78, 5) is 26.7. The number of nitrogens with zero attached hydrogens (tertiary/aromatic N) is 2. The van der Waals surface area contributed by atoms with Gasteiger partial charge in [-0.3, -0.25) is 4.79 Å². The van der Waals surface area contributed by atoms with E-state index in [2.05, 4.69) is 10.3 Å². The van der Waals surface area contributed by atoms with Crippen molar-refractivity contribution in [3.05, 3.63) is 47.8 Å². The Labute approximate surface area is 113 Å². The number of hydrogen-bond acceptors (Lipinski definition) is 3. The molecule has 0 aliphatic heterocycles. The van der Waals surface area contributed by atoms with Crippen LogP contribution in [0.2, 0.25) is 0 Å². The molecule has 7 heteroatoms. The zero-order chi connectivity index (χ0) is 14.7. The number of aromatic carboxylic acids is 1. The van der Waals surface area contributed by atoms with Crippen LogP contribution < -0.4 is 5.32 Å². The van der Waals surface area contributed by atoms with Crippen molar-refractivity contribution < 1.29 is 19.1 Å². The monoisotopic (exact) mass is 277 g/mol. The molecule has 0 saturated heterocycles. The summed E-state index contributed by atoms with van der Waals surface area (Å²) >= 11 is 0. The fourth-order valence-electron chi connectivity index (χ4n) is 1.75. The van der Waals surface area contributed by atoms with Crippen LogP contribution in [0.25, 0.3) is 0 Å². The summed E-state index contributed by atoms with van der Waals surface area (Å²) in [5, 5.41) is 11.5. The van der Waals surface area contributed by atoms with Gasteiger partial charge in [0.15, 0.2) is 0 Å².